The maximum Gasteiger partial charge on any atom is 0.213 e. The van der Waals surface area contributed by atoms with Gasteiger partial charge in [0.1, 0.15) is 0 Å². The highest BCUT2D eigenvalue weighted by molar-refractivity contribution is 5.98. The molecule has 2 heterocycles. The fourth-order valence-corrected chi connectivity index (χ4v) is 5.06. The normalized spacial score (nSPS) is 15.2. The third kappa shape index (κ3) is 2.98. The first-order chi connectivity index (χ1) is 13.2. The molecule has 140 valence electrons. The number of unbranched alkanes of at least 4 members (excludes halogenated alkanes) is 1. The average Bonchev–Trinajstić information content (AvgIpc) is 2.87. The van der Waals surface area contributed by atoms with Crippen molar-refractivity contribution in [2.75, 3.05) is 0 Å². The quantitative estimate of drug-likeness (QED) is 0.452. The van der Waals surface area contributed by atoms with Gasteiger partial charge in [-0.15, -0.1) is 0 Å². The first-order valence-electron chi connectivity index (χ1n) is 10.8. The lowest BCUT2D eigenvalue weighted by atomic mass is 9.86. The number of aromatic nitrogens is 1. The minimum absolute atomic E-state index is 0.224. The van der Waals surface area contributed by atoms with Crippen molar-refractivity contribution in [1.29, 1.82) is 0 Å². The van der Waals surface area contributed by atoms with Gasteiger partial charge in [0.05, 0.1) is 5.56 Å². The summed E-state index contributed by atoms with van der Waals surface area (Å²) in [5, 5.41) is 2.88. The Kier molecular flexibility index (Phi) is 5.04. The molecule has 1 aliphatic heterocycles. The average molecular weight is 359 g/mol. The number of pyridine rings is 1. The van der Waals surface area contributed by atoms with Crippen molar-refractivity contribution in [2.45, 2.75) is 71.3 Å². The van der Waals surface area contributed by atoms with Crippen LogP contribution in [0.5, 0.6) is 0 Å². The second-order valence-electron chi connectivity index (χ2n) is 8.10. The highest BCUT2D eigenvalue weighted by Gasteiger charge is 2.41. The molecule has 3 aromatic rings. The highest BCUT2D eigenvalue weighted by Crippen LogP contribution is 2.39. The van der Waals surface area contributed by atoms with Crippen LogP contribution in [0.3, 0.4) is 0 Å². The van der Waals surface area contributed by atoms with Gasteiger partial charge in [-0.1, -0.05) is 57.5 Å². The number of nitrogens with zero attached hydrogens (tertiary/aromatic N) is 1. The third-order valence-electron chi connectivity index (χ3n) is 6.84. The number of hydrogen-bond acceptors (Lipinski definition) is 0. The second-order valence-corrected chi connectivity index (χ2v) is 8.10. The van der Waals surface area contributed by atoms with Gasteiger partial charge in [-0.2, -0.15) is 4.57 Å². The molecule has 0 amide bonds. The van der Waals surface area contributed by atoms with Gasteiger partial charge in [0.2, 0.25) is 5.69 Å². The summed E-state index contributed by atoms with van der Waals surface area (Å²) in [5.41, 5.74) is 6.10. The minimum Gasteiger partial charge on any atom is -0.193 e. The fraction of sp³-hybridized carbons (Fsp3) is 0.423. The van der Waals surface area contributed by atoms with Crippen LogP contribution in [0.4, 0.5) is 0 Å². The fourth-order valence-electron chi connectivity index (χ4n) is 5.06. The summed E-state index contributed by atoms with van der Waals surface area (Å²) < 4.78 is 2.59. The molecule has 0 unspecified atom stereocenters. The molecule has 1 nitrogen and oxygen atoms in total. The van der Waals surface area contributed by atoms with Crippen LogP contribution in [-0.4, -0.2) is 0 Å². The molecule has 1 aromatic heterocycles. The van der Waals surface area contributed by atoms with E-state index in [4.69, 9.17) is 0 Å². The van der Waals surface area contributed by atoms with Crippen molar-refractivity contribution in [3.05, 3.63) is 65.9 Å². The number of fused-ring (bicyclic) bond motifs is 5. The van der Waals surface area contributed by atoms with E-state index in [1.807, 2.05) is 0 Å². The van der Waals surface area contributed by atoms with Crippen molar-refractivity contribution in [3.8, 4) is 11.3 Å². The second kappa shape index (κ2) is 7.46. The van der Waals surface area contributed by atoms with Gasteiger partial charge in [0.15, 0.2) is 11.7 Å². The summed E-state index contributed by atoms with van der Waals surface area (Å²) >= 11 is 0. The highest BCUT2D eigenvalue weighted by atomic mass is 15.1. The van der Waals surface area contributed by atoms with E-state index >= 15 is 0 Å². The molecule has 0 N–H and O–H groups in total. The first-order valence-corrected chi connectivity index (χ1v) is 10.8. The Bertz CT molecular complexity index is 950. The van der Waals surface area contributed by atoms with E-state index in [9.17, 15) is 0 Å². The molecule has 1 heteroatoms. The van der Waals surface area contributed by atoms with E-state index < -0.39 is 0 Å². The number of rotatable bonds is 5. The molecular formula is C26H32N+. The Morgan fingerprint density at radius 2 is 1.74 bits per heavy atom. The van der Waals surface area contributed by atoms with Crippen molar-refractivity contribution in [2.24, 2.45) is 0 Å². The Labute approximate surface area is 164 Å². The summed E-state index contributed by atoms with van der Waals surface area (Å²) in [5.74, 6) is 0. The number of aryl methyl sites for hydroxylation is 2. The van der Waals surface area contributed by atoms with Crippen molar-refractivity contribution >= 4 is 10.8 Å². The molecule has 1 aliphatic rings. The lowest BCUT2D eigenvalue weighted by Gasteiger charge is -2.26. The van der Waals surface area contributed by atoms with E-state index in [1.54, 1.807) is 0 Å². The molecule has 0 spiro atoms. The third-order valence-corrected chi connectivity index (χ3v) is 6.84. The van der Waals surface area contributed by atoms with Crippen molar-refractivity contribution in [3.63, 3.8) is 0 Å². The Hall–Kier alpha value is -2.15. The largest absolute Gasteiger partial charge is 0.213 e. The van der Waals surface area contributed by atoms with E-state index in [0.29, 0.717) is 0 Å². The Morgan fingerprint density at radius 1 is 0.889 bits per heavy atom. The molecular weight excluding hydrogens is 326 g/mol. The van der Waals surface area contributed by atoms with E-state index in [0.717, 1.165) is 6.42 Å². The molecule has 0 fully saturated rings. The Morgan fingerprint density at radius 3 is 2.52 bits per heavy atom. The van der Waals surface area contributed by atoms with Crippen LogP contribution in [-0.2, 0) is 18.4 Å². The van der Waals surface area contributed by atoms with Gasteiger partial charge < -0.3 is 0 Å². The van der Waals surface area contributed by atoms with Crippen LogP contribution >= 0.6 is 0 Å². The Balaban J connectivity index is 2.00. The smallest absolute Gasteiger partial charge is 0.193 e. The van der Waals surface area contributed by atoms with Gasteiger partial charge in [0, 0.05) is 31.4 Å². The van der Waals surface area contributed by atoms with Crippen molar-refractivity contribution in [1.82, 2.24) is 0 Å². The van der Waals surface area contributed by atoms with Crippen LogP contribution in [0.1, 0.15) is 64.0 Å². The van der Waals surface area contributed by atoms with Gasteiger partial charge in [-0.25, -0.2) is 0 Å². The number of benzene rings is 2. The summed E-state index contributed by atoms with van der Waals surface area (Å²) in [6.45, 7) is 6.98. The monoisotopic (exact) mass is 358 g/mol. The van der Waals surface area contributed by atoms with Gasteiger partial charge in [-0.05, 0) is 47.2 Å². The lowest BCUT2D eigenvalue weighted by Crippen LogP contribution is -2.56. The standard InChI is InChI=1S/C26H32N/c1-4-7-11-20-12-10-13-23-22(20)16-15-21-17-18-26(5-2,6-3)27-19-9-8-14-24(27)25(21)23/h8-10,12-16,19H,4-7,11,17-18H2,1-3H3/q+1. The van der Waals surface area contributed by atoms with Gasteiger partial charge in [0.25, 0.3) is 0 Å². The van der Waals surface area contributed by atoms with E-state index in [1.165, 1.54) is 71.7 Å². The zero-order valence-corrected chi connectivity index (χ0v) is 17.1. The molecule has 0 saturated carbocycles. The van der Waals surface area contributed by atoms with Crippen LogP contribution in [0.2, 0.25) is 0 Å². The van der Waals surface area contributed by atoms with Crippen molar-refractivity contribution < 1.29 is 4.57 Å². The summed E-state index contributed by atoms with van der Waals surface area (Å²) in [6.07, 6.45) is 10.7. The predicted octanol–water partition coefficient (Wildman–Crippen LogP) is 6.60. The molecule has 0 atom stereocenters. The summed E-state index contributed by atoms with van der Waals surface area (Å²) in [6, 6.07) is 18.5. The molecule has 0 saturated heterocycles. The molecule has 27 heavy (non-hydrogen) atoms. The predicted molar refractivity (Wildman–Crippen MR) is 115 cm³/mol. The van der Waals surface area contributed by atoms with Gasteiger partial charge >= 0.3 is 0 Å². The molecule has 0 radical (unpaired) electrons. The maximum absolute atomic E-state index is 2.59. The first kappa shape index (κ1) is 18.2. The molecule has 0 bridgehead atoms. The van der Waals surface area contributed by atoms with Crippen LogP contribution in [0, 0.1) is 0 Å². The summed E-state index contributed by atoms with van der Waals surface area (Å²) in [7, 11) is 0. The topological polar surface area (TPSA) is 3.88 Å². The lowest BCUT2D eigenvalue weighted by molar-refractivity contribution is -0.757. The molecule has 0 aliphatic carbocycles. The van der Waals surface area contributed by atoms with E-state index in [-0.39, 0.29) is 5.54 Å². The number of hydrogen-bond donors (Lipinski definition) is 0. The maximum atomic E-state index is 2.59. The summed E-state index contributed by atoms with van der Waals surface area (Å²) in [4.78, 5) is 0. The molecule has 2 aromatic carbocycles. The molecule has 4 rings (SSSR count). The van der Waals surface area contributed by atoms with Crippen LogP contribution in [0.15, 0.2) is 54.7 Å². The zero-order chi connectivity index (χ0) is 18.9. The van der Waals surface area contributed by atoms with E-state index in [2.05, 4.69) is 80.1 Å². The SMILES string of the molecule is CCCCc1cccc2c3c(ccc12)CCC(CC)(CC)[n+]1ccccc1-3. The van der Waals surface area contributed by atoms with Gasteiger partial charge in [-0.3, -0.25) is 0 Å². The minimum atomic E-state index is 0.224. The van der Waals surface area contributed by atoms with Crippen LogP contribution < -0.4 is 4.57 Å². The van der Waals surface area contributed by atoms with Crippen LogP contribution in [0.25, 0.3) is 22.0 Å². The zero-order valence-electron chi connectivity index (χ0n) is 17.1.